The third kappa shape index (κ3) is 2.53. The minimum atomic E-state index is -0.774. The Bertz CT molecular complexity index is 496. The molecule has 1 aromatic carbocycles. The first-order valence-corrected chi connectivity index (χ1v) is 6.66. The van der Waals surface area contributed by atoms with Gasteiger partial charge in [0.25, 0.3) is 0 Å². The first-order valence-electron chi connectivity index (χ1n) is 6.66. The molecule has 0 bridgehead atoms. The lowest BCUT2D eigenvalue weighted by atomic mass is 9.81. The van der Waals surface area contributed by atoms with Crippen LogP contribution in [0.25, 0.3) is 0 Å². The summed E-state index contributed by atoms with van der Waals surface area (Å²) in [4.78, 5) is 13.5. The summed E-state index contributed by atoms with van der Waals surface area (Å²) < 4.78 is 0. The number of anilines is 1. The van der Waals surface area contributed by atoms with E-state index in [0.29, 0.717) is 6.42 Å². The van der Waals surface area contributed by atoms with Crippen molar-refractivity contribution in [2.45, 2.75) is 33.1 Å². The fraction of sp³-hybridized carbons (Fsp3) is 0.533. The van der Waals surface area contributed by atoms with Crippen LogP contribution in [0.3, 0.4) is 0 Å². The maximum atomic E-state index is 11.3. The maximum Gasteiger partial charge on any atom is 0.309 e. The lowest BCUT2D eigenvalue weighted by molar-refractivity contribution is -0.147. The van der Waals surface area contributed by atoms with Gasteiger partial charge >= 0.3 is 5.97 Å². The average Bonchev–Trinajstić information content (AvgIpc) is 2.66. The van der Waals surface area contributed by atoms with Crippen molar-refractivity contribution in [1.29, 1.82) is 0 Å². The summed E-state index contributed by atoms with van der Waals surface area (Å²) in [5.41, 5.74) is 1.43. The van der Waals surface area contributed by atoms with Gasteiger partial charge in [-0.15, -0.1) is 0 Å². The SMILES string of the molecule is CCN1CC(CC(C)(C)C(=O)O)c2cc(O)ccc21. The molecule has 0 aromatic heterocycles. The summed E-state index contributed by atoms with van der Waals surface area (Å²) >= 11 is 0. The number of phenolic OH excluding ortho intramolecular Hbond substituents is 1. The summed E-state index contributed by atoms with van der Waals surface area (Å²) in [5, 5.41) is 18.9. The third-order valence-electron chi connectivity index (χ3n) is 3.95. The monoisotopic (exact) mass is 263 g/mol. The number of carboxylic acids is 1. The van der Waals surface area contributed by atoms with Crippen LogP contribution < -0.4 is 4.90 Å². The van der Waals surface area contributed by atoms with Crippen LogP contribution in [-0.4, -0.2) is 29.3 Å². The lowest BCUT2D eigenvalue weighted by Crippen LogP contribution is -2.28. The highest BCUT2D eigenvalue weighted by Crippen LogP contribution is 2.43. The van der Waals surface area contributed by atoms with Crippen molar-refractivity contribution in [2.75, 3.05) is 18.0 Å². The molecule has 4 nitrogen and oxygen atoms in total. The van der Waals surface area contributed by atoms with Gasteiger partial charge in [0.05, 0.1) is 5.41 Å². The van der Waals surface area contributed by atoms with Gasteiger partial charge in [0.15, 0.2) is 0 Å². The minimum absolute atomic E-state index is 0.160. The van der Waals surface area contributed by atoms with Crippen LogP contribution in [0.1, 0.15) is 38.7 Å². The van der Waals surface area contributed by atoms with E-state index in [9.17, 15) is 15.0 Å². The Morgan fingerprint density at radius 3 is 2.74 bits per heavy atom. The zero-order valence-electron chi connectivity index (χ0n) is 11.7. The topological polar surface area (TPSA) is 60.8 Å². The lowest BCUT2D eigenvalue weighted by Gasteiger charge is -2.24. The van der Waals surface area contributed by atoms with Crippen molar-refractivity contribution >= 4 is 11.7 Å². The van der Waals surface area contributed by atoms with Gasteiger partial charge in [-0.05, 0) is 51.0 Å². The predicted molar refractivity (Wildman–Crippen MR) is 74.8 cm³/mol. The van der Waals surface area contributed by atoms with Crippen molar-refractivity contribution in [2.24, 2.45) is 5.41 Å². The first-order chi connectivity index (χ1) is 8.85. The van der Waals surface area contributed by atoms with Crippen molar-refractivity contribution < 1.29 is 15.0 Å². The molecule has 0 saturated carbocycles. The normalized spacial score (nSPS) is 18.5. The zero-order valence-corrected chi connectivity index (χ0v) is 11.7. The Morgan fingerprint density at radius 2 is 2.16 bits per heavy atom. The van der Waals surface area contributed by atoms with Crippen LogP contribution in [0.15, 0.2) is 18.2 Å². The molecule has 0 radical (unpaired) electrons. The Balaban J connectivity index is 2.31. The molecule has 1 aromatic rings. The van der Waals surface area contributed by atoms with E-state index in [-0.39, 0.29) is 11.7 Å². The standard InChI is InChI=1S/C15H21NO3/c1-4-16-9-10(8-15(2,3)14(18)19)12-7-11(17)5-6-13(12)16/h5-7,10,17H,4,8-9H2,1-3H3,(H,18,19). The van der Waals surface area contributed by atoms with Crippen LogP contribution in [0, 0.1) is 5.41 Å². The number of aromatic hydroxyl groups is 1. The first kappa shape index (κ1) is 13.7. The maximum absolute atomic E-state index is 11.3. The smallest absolute Gasteiger partial charge is 0.309 e. The van der Waals surface area contributed by atoms with Crippen LogP contribution in [0.5, 0.6) is 5.75 Å². The molecule has 104 valence electrons. The predicted octanol–water partition coefficient (Wildman–Crippen LogP) is 2.82. The molecule has 0 fully saturated rings. The van der Waals surface area contributed by atoms with E-state index in [1.165, 1.54) is 0 Å². The van der Waals surface area contributed by atoms with E-state index in [1.807, 2.05) is 6.07 Å². The highest BCUT2D eigenvalue weighted by molar-refractivity contribution is 5.74. The summed E-state index contributed by atoms with van der Waals surface area (Å²) in [6, 6.07) is 5.38. The molecule has 4 heteroatoms. The van der Waals surface area contributed by atoms with Gasteiger partial charge in [-0.2, -0.15) is 0 Å². The number of phenols is 1. The van der Waals surface area contributed by atoms with Gasteiger partial charge in [-0.25, -0.2) is 0 Å². The number of hydrogen-bond acceptors (Lipinski definition) is 3. The quantitative estimate of drug-likeness (QED) is 0.877. The molecule has 0 amide bonds. The second kappa shape index (κ2) is 4.76. The van der Waals surface area contributed by atoms with Gasteiger partial charge in [0.2, 0.25) is 0 Å². The van der Waals surface area contributed by atoms with Gasteiger partial charge in [0, 0.05) is 24.7 Å². The highest BCUT2D eigenvalue weighted by Gasteiger charge is 2.36. The summed E-state index contributed by atoms with van der Waals surface area (Å²) in [6.45, 7) is 7.31. The van der Waals surface area contributed by atoms with E-state index >= 15 is 0 Å². The molecule has 19 heavy (non-hydrogen) atoms. The van der Waals surface area contributed by atoms with E-state index in [0.717, 1.165) is 24.3 Å². The van der Waals surface area contributed by atoms with Crippen molar-refractivity contribution in [1.82, 2.24) is 0 Å². The molecular formula is C15H21NO3. The highest BCUT2D eigenvalue weighted by atomic mass is 16.4. The number of likely N-dealkylation sites (N-methyl/N-ethyl adjacent to an activating group) is 1. The van der Waals surface area contributed by atoms with E-state index in [4.69, 9.17) is 0 Å². The zero-order chi connectivity index (χ0) is 14.2. The Hall–Kier alpha value is -1.71. The molecule has 1 aliphatic rings. The summed E-state index contributed by atoms with van der Waals surface area (Å²) in [6.07, 6.45) is 0.579. The Kier molecular flexibility index (Phi) is 3.43. The molecule has 1 atom stereocenters. The number of aliphatic carboxylic acids is 1. The van der Waals surface area contributed by atoms with Gasteiger partial charge in [0.1, 0.15) is 5.75 Å². The fourth-order valence-corrected chi connectivity index (χ4v) is 2.80. The van der Waals surface area contributed by atoms with Crippen LogP contribution in [-0.2, 0) is 4.79 Å². The summed E-state index contributed by atoms with van der Waals surface area (Å²) in [5.74, 6) is -0.368. The van der Waals surface area contributed by atoms with Crippen molar-refractivity contribution in [3.8, 4) is 5.75 Å². The van der Waals surface area contributed by atoms with Crippen LogP contribution in [0.2, 0.25) is 0 Å². The largest absolute Gasteiger partial charge is 0.508 e. The average molecular weight is 263 g/mol. The Labute approximate surface area is 113 Å². The molecular weight excluding hydrogens is 242 g/mol. The molecule has 0 saturated heterocycles. The molecule has 0 aliphatic carbocycles. The second-order valence-corrected chi connectivity index (χ2v) is 5.87. The molecule has 1 heterocycles. The second-order valence-electron chi connectivity index (χ2n) is 5.87. The van der Waals surface area contributed by atoms with Gasteiger partial charge in [-0.1, -0.05) is 0 Å². The van der Waals surface area contributed by atoms with E-state index in [2.05, 4.69) is 11.8 Å². The number of carbonyl (C=O) groups is 1. The third-order valence-corrected chi connectivity index (χ3v) is 3.95. The summed E-state index contributed by atoms with van der Waals surface area (Å²) in [7, 11) is 0. The molecule has 2 rings (SSSR count). The number of carboxylic acid groups (broad SMARTS) is 1. The van der Waals surface area contributed by atoms with Crippen LogP contribution in [0.4, 0.5) is 5.69 Å². The number of rotatable bonds is 4. The van der Waals surface area contributed by atoms with Crippen LogP contribution >= 0.6 is 0 Å². The van der Waals surface area contributed by atoms with Gasteiger partial charge < -0.3 is 15.1 Å². The minimum Gasteiger partial charge on any atom is -0.508 e. The van der Waals surface area contributed by atoms with Gasteiger partial charge in [-0.3, -0.25) is 4.79 Å². The van der Waals surface area contributed by atoms with E-state index < -0.39 is 11.4 Å². The molecule has 0 spiro atoms. The number of benzene rings is 1. The molecule has 1 unspecified atom stereocenters. The molecule has 2 N–H and O–H groups in total. The Morgan fingerprint density at radius 1 is 1.47 bits per heavy atom. The number of hydrogen-bond donors (Lipinski definition) is 2. The number of fused-ring (bicyclic) bond motifs is 1. The molecule has 1 aliphatic heterocycles. The number of nitrogens with zero attached hydrogens (tertiary/aromatic N) is 1. The van der Waals surface area contributed by atoms with Crippen molar-refractivity contribution in [3.63, 3.8) is 0 Å². The van der Waals surface area contributed by atoms with E-state index in [1.54, 1.807) is 26.0 Å². The van der Waals surface area contributed by atoms with Crippen molar-refractivity contribution in [3.05, 3.63) is 23.8 Å². The fourth-order valence-electron chi connectivity index (χ4n) is 2.80.